The highest BCUT2D eigenvalue weighted by Crippen LogP contribution is 2.33. The average molecular weight is 402 g/mol. The van der Waals surface area contributed by atoms with Crippen molar-refractivity contribution in [3.8, 4) is 0 Å². The van der Waals surface area contributed by atoms with Crippen LogP contribution in [-0.4, -0.2) is 18.5 Å². The molecule has 0 saturated heterocycles. The lowest BCUT2D eigenvalue weighted by molar-refractivity contribution is -0.115. The zero-order valence-electron chi connectivity index (χ0n) is 13.5. The molecule has 2 aromatic carbocycles. The number of anilines is 2. The van der Waals surface area contributed by atoms with Gasteiger partial charge in [0, 0.05) is 11.7 Å². The van der Waals surface area contributed by atoms with Crippen LogP contribution in [0.2, 0.25) is 15.1 Å². The molecule has 0 fully saturated rings. The largest absolute Gasteiger partial charge is 0.359 e. The third-order valence-corrected chi connectivity index (χ3v) is 5.35. The summed E-state index contributed by atoms with van der Waals surface area (Å²) in [6, 6.07) is 7.85. The molecule has 1 aliphatic heterocycles. The number of aryl methyl sites for hydroxylation is 1. The topological polar surface area (TPSA) is 32.3 Å². The van der Waals surface area contributed by atoms with Crippen LogP contribution in [0.4, 0.5) is 15.8 Å². The van der Waals surface area contributed by atoms with E-state index in [1.807, 2.05) is 11.8 Å². The fraction of sp³-hybridized carbons (Fsp3) is 0.278. The summed E-state index contributed by atoms with van der Waals surface area (Å²) in [5.74, 6) is -0.496. The van der Waals surface area contributed by atoms with E-state index < -0.39 is 0 Å². The maximum atomic E-state index is 13.4. The summed E-state index contributed by atoms with van der Waals surface area (Å²) in [5, 5.41) is 3.71. The van der Waals surface area contributed by atoms with Gasteiger partial charge in [0.1, 0.15) is 5.82 Å². The number of benzene rings is 2. The van der Waals surface area contributed by atoms with Gasteiger partial charge in [0.05, 0.1) is 27.3 Å². The van der Waals surface area contributed by atoms with E-state index in [1.165, 1.54) is 24.3 Å². The Morgan fingerprint density at radius 1 is 1.20 bits per heavy atom. The molecular formula is C18H16Cl3FN2O. The Morgan fingerprint density at radius 3 is 2.68 bits per heavy atom. The number of fused-ring (bicyclic) bond motifs is 1. The Hall–Kier alpha value is -1.49. The molecule has 0 spiro atoms. The highest BCUT2D eigenvalue weighted by molar-refractivity contribution is 6.44. The summed E-state index contributed by atoms with van der Waals surface area (Å²) in [6.07, 6.45) is 1.66. The number of nitrogens with one attached hydrogen (secondary N) is 1. The predicted octanol–water partition coefficient (Wildman–Crippen LogP) is 5.57. The predicted molar refractivity (Wildman–Crippen MR) is 102 cm³/mol. The number of carbonyl (C=O) groups is 1. The van der Waals surface area contributed by atoms with Crippen LogP contribution in [0.25, 0.3) is 0 Å². The zero-order valence-corrected chi connectivity index (χ0v) is 15.7. The molecule has 1 atom stereocenters. The van der Waals surface area contributed by atoms with Crippen LogP contribution >= 0.6 is 34.8 Å². The van der Waals surface area contributed by atoms with Gasteiger partial charge in [-0.05, 0) is 55.7 Å². The number of amides is 1. The molecule has 0 saturated carbocycles. The summed E-state index contributed by atoms with van der Waals surface area (Å²) >= 11 is 18.0. The van der Waals surface area contributed by atoms with Crippen molar-refractivity contribution in [2.45, 2.75) is 25.8 Å². The molecule has 3 nitrogen and oxygen atoms in total. The van der Waals surface area contributed by atoms with Crippen molar-refractivity contribution in [3.05, 3.63) is 56.8 Å². The SMILES string of the molecule is CC1CCc2cc(F)ccc2N1CC(=O)Nc1cc(Cl)c(Cl)cc1Cl. The van der Waals surface area contributed by atoms with Crippen LogP contribution in [0.5, 0.6) is 0 Å². The molecular weight excluding hydrogens is 386 g/mol. The second-order valence-corrected chi connectivity index (χ2v) is 7.30. The van der Waals surface area contributed by atoms with E-state index in [2.05, 4.69) is 5.32 Å². The van der Waals surface area contributed by atoms with Gasteiger partial charge < -0.3 is 10.2 Å². The molecule has 1 unspecified atom stereocenters. The first kappa shape index (κ1) is 18.3. The molecule has 1 aliphatic rings. The van der Waals surface area contributed by atoms with Gasteiger partial charge >= 0.3 is 0 Å². The van der Waals surface area contributed by atoms with E-state index in [4.69, 9.17) is 34.8 Å². The molecule has 25 heavy (non-hydrogen) atoms. The van der Waals surface area contributed by atoms with Gasteiger partial charge in [-0.2, -0.15) is 0 Å². The molecule has 3 rings (SSSR count). The van der Waals surface area contributed by atoms with E-state index in [-0.39, 0.29) is 24.3 Å². The lowest BCUT2D eigenvalue weighted by atomic mass is 9.96. The van der Waals surface area contributed by atoms with Crippen molar-refractivity contribution in [3.63, 3.8) is 0 Å². The highest BCUT2D eigenvalue weighted by atomic mass is 35.5. The summed E-state index contributed by atoms with van der Waals surface area (Å²) in [5.41, 5.74) is 2.21. The van der Waals surface area contributed by atoms with Gasteiger partial charge in [0.2, 0.25) is 5.91 Å². The molecule has 0 aromatic heterocycles. The number of carbonyl (C=O) groups excluding carboxylic acids is 1. The number of hydrogen-bond acceptors (Lipinski definition) is 2. The van der Waals surface area contributed by atoms with Crippen LogP contribution < -0.4 is 10.2 Å². The van der Waals surface area contributed by atoms with E-state index in [1.54, 1.807) is 6.07 Å². The van der Waals surface area contributed by atoms with E-state index in [0.717, 1.165) is 24.1 Å². The average Bonchev–Trinajstić information content (AvgIpc) is 2.55. The molecule has 7 heteroatoms. The number of rotatable bonds is 3. The minimum absolute atomic E-state index is 0.135. The number of halogens is 4. The van der Waals surface area contributed by atoms with Crippen molar-refractivity contribution >= 4 is 52.1 Å². The molecule has 0 aliphatic carbocycles. The second-order valence-electron chi connectivity index (χ2n) is 6.08. The Balaban J connectivity index is 1.78. The molecule has 1 amide bonds. The normalized spacial score (nSPS) is 16.5. The minimum atomic E-state index is -0.264. The first-order valence-electron chi connectivity index (χ1n) is 7.84. The maximum absolute atomic E-state index is 13.4. The Kier molecular flexibility index (Phi) is 5.42. The Morgan fingerprint density at radius 2 is 1.92 bits per heavy atom. The van der Waals surface area contributed by atoms with Crippen molar-refractivity contribution in [1.29, 1.82) is 0 Å². The van der Waals surface area contributed by atoms with Crippen molar-refractivity contribution in [2.24, 2.45) is 0 Å². The first-order chi connectivity index (χ1) is 11.8. The number of nitrogens with zero attached hydrogens (tertiary/aromatic N) is 1. The van der Waals surface area contributed by atoms with Gasteiger partial charge in [-0.25, -0.2) is 4.39 Å². The monoisotopic (exact) mass is 400 g/mol. The summed E-state index contributed by atoms with van der Waals surface area (Å²) < 4.78 is 13.4. The smallest absolute Gasteiger partial charge is 0.243 e. The molecule has 1 N–H and O–H groups in total. The van der Waals surface area contributed by atoms with Crippen molar-refractivity contribution in [1.82, 2.24) is 0 Å². The van der Waals surface area contributed by atoms with Crippen molar-refractivity contribution in [2.75, 3.05) is 16.8 Å². The fourth-order valence-corrected chi connectivity index (χ4v) is 3.59. The molecule has 0 bridgehead atoms. The second kappa shape index (κ2) is 7.40. The van der Waals surface area contributed by atoms with E-state index in [0.29, 0.717) is 20.8 Å². The molecule has 0 radical (unpaired) electrons. The standard InChI is InChI=1S/C18H16Cl3FN2O/c1-10-2-3-11-6-12(22)4-5-17(11)24(10)9-18(25)23-16-8-14(20)13(19)7-15(16)21/h4-8,10H,2-3,9H2,1H3,(H,23,25). The number of hydrogen-bond donors (Lipinski definition) is 1. The van der Waals surface area contributed by atoms with Crippen LogP contribution in [0, 0.1) is 5.82 Å². The maximum Gasteiger partial charge on any atom is 0.243 e. The van der Waals surface area contributed by atoms with Crippen LogP contribution in [0.15, 0.2) is 30.3 Å². The van der Waals surface area contributed by atoms with Gasteiger partial charge in [0.25, 0.3) is 0 Å². The minimum Gasteiger partial charge on any atom is -0.359 e. The summed E-state index contributed by atoms with van der Waals surface area (Å²) in [7, 11) is 0. The zero-order chi connectivity index (χ0) is 18.1. The van der Waals surface area contributed by atoms with E-state index in [9.17, 15) is 9.18 Å². The highest BCUT2D eigenvalue weighted by Gasteiger charge is 2.25. The van der Waals surface area contributed by atoms with Gasteiger partial charge in [-0.1, -0.05) is 34.8 Å². The quantitative estimate of drug-likeness (QED) is 0.682. The van der Waals surface area contributed by atoms with Crippen LogP contribution in [0.1, 0.15) is 18.9 Å². The van der Waals surface area contributed by atoms with Crippen LogP contribution in [0.3, 0.4) is 0 Å². The molecule has 132 valence electrons. The Labute approximate surface area is 160 Å². The van der Waals surface area contributed by atoms with Crippen LogP contribution in [-0.2, 0) is 11.2 Å². The molecule has 2 aromatic rings. The van der Waals surface area contributed by atoms with Gasteiger partial charge in [0.15, 0.2) is 0 Å². The summed E-state index contributed by atoms with van der Waals surface area (Å²) in [4.78, 5) is 14.5. The lowest BCUT2D eigenvalue weighted by Gasteiger charge is -2.36. The summed E-state index contributed by atoms with van der Waals surface area (Å²) in [6.45, 7) is 2.18. The fourth-order valence-electron chi connectivity index (χ4n) is 3.00. The Bertz CT molecular complexity index is 828. The van der Waals surface area contributed by atoms with Gasteiger partial charge in [-0.3, -0.25) is 4.79 Å². The van der Waals surface area contributed by atoms with Gasteiger partial charge in [-0.15, -0.1) is 0 Å². The first-order valence-corrected chi connectivity index (χ1v) is 8.98. The van der Waals surface area contributed by atoms with E-state index >= 15 is 0 Å². The third kappa shape index (κ3) is 4.02. The third-order valence-electron chi connectivity index (χ3n) is 4.31. The van der Waals surface area contributed by atoms with Crippen molar-refractivity contribution < 1.29 is 9.18 Å². The molecule has 1 heterocycles. The lowest BCUT2D eigenvalue weighted by Crippen LogP contribution is -2.42.